The van der Waals surface area contributed by atoms with Gasteiger partial charge in [0.15, 0.2) is 18.7 Å². The third kappa shape index (κ3) is 8.48. The lowest BCUT2D eigenvalue weighted by atomic mass is 9.93. The Morgan fingerprint density at radius 2 is 1.49 bits per heavy atom. The Hall–Kier alpha value is -2.24. The Balaban J connectivity index is 1.50. The SMILES string of the molecule is CC(=O)NC[C@@H]1O[C@H](O[C@H]2CCCC[C@@H]2O[C@H]2O[C@H](C)[C@@H](O)[C@@H](O)[C@H]2O)[C@H](O)[C@@H](O[C@@H](Cc2ccccc2)C(=O)O)[C@@H]1O. The van der Waals surface area contributed by atoms with Crippen LogP contribution in [0.4, 0.5) is 0 Å². The third-order valence-electron chi connectivity index (χ3n) is 8.12. The molecule has 0 aromatic heterocycles. The number of carbonyl (C=O) groups is 2. The van der Waals surface area contributed by atoms with Gasteiger partial charge in [-0.25, -0.2) is 4.79 Å². The van der Waals surface area contributed by atoms with Gasteiger partial charge in [-0.1, -0.05) is 43.2 Å². The number of aliphatic hydroxyl groups excluding tert-OH is 5. The molecular formula is C29H43NO13. The fourth-order valence-electron chi connectivity index (χ4n) is 5.64. The maximum absolute atomic E-state index is 12.1. The molecule has 1 aliphatic carbocycles. The van der Waals surface area contributed by atoms with Crippen LogP contribution in [0.2, 0.25) is 0 Å². The van der Waals surface area contributed by atoms with E-state index in [1.165, 1.54) is 6.92 Å². The Bertz CT molecular complexity index is 1050. The highest BCUT2D eigenvalue weighted by molar-refractivity contribution is 5.73. The normalized spacial score (nSPS) is 39.1. The van der Waals surface area contributed by atoms with Gasteiger partial charge in [0.2, 0.25) is 5.91 Å². The molecule has 7 N–H and O–H groups in total. The van der Waals surface area contributed by atoms with Gasteiger partial charge in [-0.2, -0.15) is 0 Å². The zero-order chi connectivity index (χ0) is 31.3. The summed E-state index contributed by atoms with van der Waals surface area (Å²) in [6, 6.07) is 8.76. The third-order valence-corrected chi connectivity index (χ3v) is 8.12. The molecule has 2 saturated heterocycles. The summed E-state index contributed by atoms with van der Waals surface area (Å²) in [6.07, 6.45) is -13.8. The highest BCUT2D eigenvalue weighted by atomic mass is 16.7. The molecule has 1 aromatic carbocycles. The fraction of sp³-hybridized carbons (Fsp3) is 0.724. The van der Waals surface area contributed by atoms with Crippen molar-refractivity contribution in [1.29, 1.82) is 0 Å². The Kier molecular flexibility index (Phi) is 11.9. The molecule has 0 bridgehead atoms. The van der Waals surface area contributed by atoms with E-state index in [2.05, 4.69) is 5.32 Å². The second-order valence-electron chi connectivity index (χ2n) is 11.4. The summed E-state index contributed by atoms with van der Waals surface area (Å²) in [5, 5.41) is 65.5. The smallest absolute Gasteiger partial charge is 0.333 e. The lowest BCUT2D eigenvalue weighted by Gasteiger charge is -2.46. The minimum atomic E-state index is -1.63. The summed E-state index contributed by atoms with van der Waals surface area (Å²) >= 11 is 0. The second-order valence-corrected chi connectivity index (χ2v) is 11.4. The number of nitrogens with one attached hydrogen (secondary N) is 1. The Morgan fingerprint density at radius 3 is 2.07 bits per heavy atom. The van der Waals surface area contributed by atoms with Crippen molar-refractivity contribution < 1.29 is 63.9 Å². The number of carboxylic acid groups (broad SMARTS) is 1. The zero-order valence-electron chi connectivity index (χ0n) is 24.2. The van der Waals surface area contributed by atoms with Gasteiger partial charge in [-0.15, -0.1) is 0 Å². The molecule has 2 aliphatic heterocycles. The maximum atomic E-state index is 12.1. The average Bonchev–Trinajstić information content (AvgIpc) is 2.98. The monoisotopic (exact) mass is 613 g/mol. The average molecular weight is 614 g/mol. The van der Waals surface area contributed by atoms with Crippen LogP contribution in [0.1, 0.15) is 45.1 Å². The number of carboxylic acids is 1. The molecule has 1 aromatic rings. The second kappa shape index (κ2) is 15.2. The Labute approximate surface area is 249 Å². The zero-order valence-corrected chi connectivity index (χ0v) is 24.2. The molecule has 0 radical (unpaired) electrons. The van der Waals surface area contributed by atoms with E-state index in [9.17, 15) is 40.2 Å². The number of hydrogen-bond donors (Lipinski definition) is 7. The molecule has 3 fully saturated rings. The molecule has 242 valence electrons. The molecule has 1 saturated carbocycles. The molecule has 2 heterocycles. The van der Waals surface area contributed by atoms with Gasteiger partial charge in [0, 0.05) is 19.9 Å². The van der Waals surface area contributed by atoms with E-state index in [1.54, 1.807) is 37.3 Å². The standard InChI is InChI=1S/C29H43NO13/c1-14-21(32)23(34)24(35)28(39-14)41-17-10-6-7-11-18(17)42-29-25(36)26(22(33)20(43-29)13-30-15(2)31)40-19(27(37)38)12-16-8-4-3-5-9-16/h3-5,8-9,14,17-26,28-29,32-36H,6-7,10-13H2,1-2H3,(H,30,31)(H,37,38)/t14-,17+,18+,19+,20+,21-,22-,23-,24-,25-,26+,28-,29+/m1/s1. The van der Waals surface area contributed by atoms with E-state index in [0.717, 1.165) is 12.8 Å². The fourth-order valence-corrected chi connectivity index (χ4v) is 5.64. The molecule has 0 unspecified atom stereocenters. The highest BCUT2D eigenvalue weighted by Crippen LogP contribution is 2.33. The van der Waals surface area contributed by atoms with Crippen LogP contribution in [-0.4, -0.2) is 129 Å². The van der Waals surface area contributed by atoms with Crippen LogP contribution >= 0.6 is 0 Å². The van der Waals surface area contributed by atoms with Crippen LogP contribution in [0, 0.1) is 0 Å². The molecule has 14 nitrogen and oxygen atoms in total. The van der Waals surface area contributed by atoms with Crippen molar-refractivity contribution in [3.8, 4) is 0 Å². The first-order valence-electron chi connectivity index (χ1n) is 14.6. The van der Waals surface area contributed by atoms with Gasteiger partial charge in [0.1, 0.15) is 42.7 Å². The van der Waals surface area contributed by atoms with Crippen molar-refractivity contribution in [1.82, 2.24) is 5.32 Å². The van der Waals surface area contributed by atoms with E-state index in [-0.39, 0.29) is 13.0 Å². The van der Waals surface area contributed by atoms with Crippen LogP contribution in [0.15, 0.2) is 30.3 Å². The number of amides is 1. The number of aliphatic hydroxyl groups is 5. The maximum Gasteiger partial charge on any atom is 0.333 e. The molecule has 43 heavy (non-hydrogen) atoms. The van der Waals surface area contributed by atoms with Gasteiger partial charge in [-0.3, -0.25) is 4.79 Å². The molecule has 3 aliphatic rings. The van der Waals surface area contributed by atoms with E-state index < -0.39 is 91.6 Å². The molecule has 0 spiro atoms. The van der Waals surface area contributed by atoms with Crippen molar-refractivity contribution in [2.45, 2.75) is 126 Å². The van der Waals surface area contributed by atoms with Gasteiger partial charge >= 0.3 is 5.97 Å². The molecule has 14 heteroatoms. The molecule has 1 amide bonds. The molecule has 13 atom stereocenters. The van der Waals surface area contributed by atoms with Gasteiger partial charge in [-0.05, 0) is 25.3 Å². The predicted octanol–water partition coefficient (Wildman–Crippen LogP) is -1.18. The van der Waals surface area contributed by atoms with E-state index in [4.69, 9.17) is 23.7 Å². The minimum Gasteiger partial charge on any atom is -0.479 e. The van der Waals surface area contributed by atoms with Gasteiger partial charge in [0.25, 0.3) is 0 Å². The van der Waals surface area contributed by atoms with E-state index >= 15 is 0 Å². The first-order valence-corrected chi connectivity index (χ1v) is 14.6. The van der Waals surface area contributed by atoms with Crippen molar-refractivity contribution >= 4 is 11.9 Å². The lowest BCUT2D eigenvalue weighted by Crippen LogP contribution is -2.63. The Morgan fingerprint density at radius 1 is 0.884 bits per heavy atom. The van der Waals surface area contributed by atoms with Gasteiger partial charge in [0.05, 0.1) is 18.3 Å². The quantitative estimate of drug-likeness (QED) is 0.157. The summed E-state index contributed by atoms with van der Waals surface area (Å²) in [5.74, 6) is -1.68. The van der Waals surface area contributed by atoms with Crippen LogP contribution in [0.5, 0.6) is 0 Å². The number of aliphatic carboxylic acids is 1. The summed E-state index contributed by atoms with van der Waals surface area (Å²) in [7, 11) is 0. The van der Waals surface area contributed by atoms with Crippen molar-refractivity contribution in [2.24, 2.45) is 0 Å². The van der Waals surface area contributed by atoms with Crippen LogP contribution in [-0.2, 0) is 39.7 Å². The number of rotatable bonds is 11. The van der Waals surface area contributed by atoms with Crippen LogP contribution in [0.3, 0.4) is 0 Å². The minimum absolute atomic E-state index is 0.0317. The van der Waals surface area contributed by atoms with Crippen LogP contribution < -0.4 is 5.32 Å². The first kappa shape index (κ1) is 33.6. The largest absolute Gasteiger partial charge is 0.479 e. The van der Waals surface area contributed by atoms with E-state index in [0.29, 0.717) is 18.4 Å². The predicted molar refractivity (Wildman–Crippen MR) is 146 cm³/mol. The number of hydrogen-bond acceptors (Lipinski definition) is 12. The number of benzene rings is 1. The summed E-state index contributed by atoms with van der Waals surface area (Å²) < 4.78 is 29.5. The van der Waals surface area contributed by atoms with Crippen molar-refractivity contribution in [3.05, 3.63) is 35.9 Å². The summed E-state index contributed by atoms with van der Waals surface area (Å²) in [5.41, 5.74) is 0.676. The number of ether oxygens (including phenoxy) is 5. The molecular weight excluding hydrogens is 570 g/mol. The topological polar surface area (TPSA) is 214 Å². The van der Waals surface area contributed by atoms with Gasteiger partial charge < -0.3 is 59.6 Å². The first-order chi connectivity index (χ1) is 20.5. The van der Waals surface area contributed by atoms with Crippen LogP contribution in [0.25, 0.3) is 0 Å². The summed E-state index contributed by atoms with van der Waals surface area (Å²) in [4.78, 5) is 23.7. The van der Waals surface area contributed by atoms with Crippen molar-refractivity contribution in [3.63, 3.8) is 0 Å². The number of carbonyl (C=O) groups excluding carboxylic acids is 1. The highest BCUT2D eigenvalue weighted by Gasteiger charge is 2.50. The summed E-state index contributed by atoms with van der Waals surface area (Å²) in [6.45, 7) is 2.67. The lowest BCUT2D eigenvalue weighted by molar-refractivity contribution is -0.342. The molecule has 4 rings (SSSR count). The van der Waals surface area contributed by atoms with Crippen molar-refractivity contribution in [2.75, 3.05) is 6.54 Å². The van der Waals surface area contributed by atoms with E-state index in [1.807, 2.05) is 0 Å².